The molecular formula is C30H35N3O5S. The minimum Gasteiger partial charge on any atom is -0.457 e. The quantitative estimate of drug-likeness (QED) is 0.373. The fourth-order valence-electron chi connectivity index (χ4n) is 4.67. The molecule has 0 radical (unpaired) electrons. The second kappa shape index (κ2) is 12.8. The highest BCUT2D eigenvalue weighted by Gasteiger charge is 2.31. The summed E-state index contributed by atoms with van der Waals surface area (Å²) in [4.78, 5) is 28.3. The zero-order valence-corrected chi connectivity index (χ0v) is 23.1. The van der Waals surface area contributed by atoms with Crippen molar-refractivity contribution < 1.29 is 22.7 Å². The number of rotatable bonds is 11. The van der Waals surface area contributed by atoms with E-state index in [1.165, 1.54) is 4.90 Å². The molecule has 1 aliphatic rings. The number of hydrogen-bond donors (Lipinski definition) is 1. The van der Waals surface area contributed by atoms with Crippen molar-refractivity contribution in [1.29, 1.82) is 0 Å². The third-order valence-corrected chi connectivity index (χ3v) is 7.99. The molecule has 1 saturated carbocycles. The number of hydrogen-bond acceptors (Lipinski definition) is 5. The van der Waals surface area contributed by atoms with E-state index in [1.807, 2.05) is 60.7 Å². The van der Waals surface area contributed by atoms with Gasteiger partial charge in [-0.05, 0) is 61.7 Å². The van der Waals surface area contributed by atoms with Crippen molar-refractivity contribution in [2.24, 2.45) is 0 Å². The second-order valence-electron chi connectivity index (χ2n) is 9.85. The first-order valence-corrected chi connectivity index (χ1v) is 15.0. The van der Waals surface area contributed by atoms with Crippen LogP contribution in [0, 0.1) is 0 Å². The van der Waals surface area contributed by atoms with Crippen molar-refractivity contribution in [3.05, 3.63) is 90.5 Å². The largest absolute Gasteiger partial charge is 0.457 e. The summed E-state index contributed by atoms with van der Waals surface area (Å²) in [5, 5.41) is 3.06. The number of para-hydroxylation sites is 1. The fraction of sp³-hybridized carbons (Fsp3) is 0.333. The summed E-state index contributed by atoms with van der Waals surface area (Å²) >= 11 is 0. The Morgan fingerprint density at radius 3 is 2.05 bits per heavy atom. The lowest BCUT2D eigenvalue weighted by atomic mass is 10.1. The number of amides is 2. The van der Waals surface area contributed by atoms with Crippen LogP contribution < -0.4 is 14.4 Å². The van der Waals surface area contributed by atoms with Gasteiger partial charge in [-0.1, -0.05) is 61.4 Å². The van der Waals surface area contributed by atoms with Gasteiger partial charge in [-0.25, -0.2) is 8.42 Å². The zero-order valence-electron chi connectivity index (χ0n) is 22.3. The van der Waals surface area contributed by atoms with Gasteiger partial charge in [0.05, 0.1) is 11.9 Å². The molecule has 1 fully saturated rings. The molecule has 1 aliphatic carbocycles. The Morgan fingerprint density at radius 2 is 1.46 bits per heavy atom. The molecule has 3 aromatic carbocycles. The Balaban J connectivity index is 1.54. The number of nitrogens with zero attached hydrogens (tertiary/aromatic N) is 2. The molecule has 0 unspecified atom stereocenters. The van der Waals surface area contributed by atoms with Crippen LogP contribution in [0.3, 0.4) is 0 Å². The number of carbonyl (C=O) groups is 2. The van der Waals surface area contributed by atoms with Crippen molar-refractivity contribution in [3.63, 3.8) is 0 Å². The summed E-state index contributed by atoms with van der Waals surface area (Å²) in [5.41, 5.74) is 1.17. The molecule has 1 atom stereocenters. The molecule has 39 heavy (non-hydrogen) atoms. The molecule has 4 rings (SSSR count). The molecule has 0 spiro atoms. The summed E-state index contributed by atoms with van der Waals surface area (Å²) in [6.07, 6.45) is 5.06. The lowest BCUT2D eigenvalue weighted by Crippen LogP contribution is -2.52. The van der Waals surface area contributed by atoms with Crippen LogP contribution in [0.15, 0.2) is 84.9 Å². The standard InChI is InChI=1S/C30H35N3O5S/c1-23(30(35)31-25-13-9-10-14-25)32(21-24-11-5-3-6-12-24)29(34)22-33(39(2,36)37)26-17-19-28(20-18-26)38-27-15-7-4-8-16-27/h3-8,11-12,15-20,23,25H,9-10,13-14,21-22H2,1-2H3,(H,31,35)/t23-/m1/s1. The number of benzene rings is 3. The molecule has 206 valence electrons. The Kier molecular flexibility index (Phi) is 9.24. The minimum absolute atomic E-state index is 0.109. The third-order valence-electron chi connectivity index (χ3n) is 6.85. The highest BCUT2D eigenvalue weighted by Crippen LogP contribution is 2.26. The fourth-order valence-corrected chi connectivity index (χ4v) is 5.52. The third kappa shape index (κ3) is 7.83. The lowest BCUT2D eigenvalue weighted by molar-refractivity contribution is -0.139. The summed E-state index contributed by atoms with van der Waals surface area (Å²) < 4.78 is 32.5. The first kappa shape index (κ1) is 28.2. The van der Waals surface area contributed by atoms with Gasteiger partial charge >= 0.3 is 0 Å². The summed E-state index contributed by atoms with van der Waals surface area (Å²) in [7, 11) is -3.81. The number of anilines is 1. The second-order valence-corrected chi connectivity index (χ2v) is 11.8. The van der Waals surface area contributed by atoms with Crippen molar-refractivity contribution in [2.75, 3.05) is 17.1 Å². The lowest BCUT2D eigenvalue weighted by Gasteiger charge is -2.32. The molecule has 1 N–H and O–H groups in total. The predicted octanol–water partition coefficient (Wildman–Crippen LogP) is 4.72. The van der Waals surface area contributed by atoms with E-state index in [9.17, 15) is 18.0 Å². The van der Waals surface area contributed by atoms with Crippen LogP contribution in [0.2, 0.25) is 0 Å². The number of carbonyl (C=O) groups excluding carboxylic acids is 2. The predicted molar refractivity (Wildman–Crippen MR) is 152 cm³/mol. The van der Waals surface area contributed by atoms with Crippen molar-refractivity contribution >= 4 is 27.5 Å². The van der Waals surface area contributed by atoms with E-state index in [-0.39, 0.29) is 18.5 Å². The molecule has 9 heteroatoms. The van der Waals surface area contributed by atoms with Gasteiger partial charge in [-0.2, -0.15) is 0 Å². The maximum atomic E-state index is 13.7. The molecule has 0 saturated heterocycles. The van der Waals surface area contributed by atoms with Gasteiger partial charge < -0.3 is 15.0 Å². The summed E-state index contributed by atoms with van der Waals surface area (Å²) in [6, 6.07) is 24.5. The van der Waals surface area contributed by atoms with Crippen molar-refractivity contribution in [2.45, 2.75) is 51.2 Å². The molecule has 0 heterocycles. The first-order chi connectivity index (χ1) is 18.7. The van der Waals surface area contributed by atoms with Gasteiger partial charge in [-0.15, -0.1) is 0 Å². The average Bonchev–Trinajstić information content (AvgIpc) is 3.44. The van der Waals surface area contributed by atoms with Crippen LogP contribution in [-0.4, -0.2) is 50.0 Å². The van der Waals surface area contributed by atoms with Gasteiger partial charge in [0.25, 0.3) is 0 Å². The van der Waals surface area contributed by atoms with Crippen LogP contribution in [0.5, 0.6) is 11.5 Å². The highest BCUT2D eigenvalue weighted by atomic mass is 32.2. The van der Waals surface area contributed by atoms with Gasteiger partial charge in [0.15, 0.2) is 0 Å². The van der Waals surface area contributed by atoms with E-state index in [2.05, 4.69) is 5.32 Å². The number of nitrogens with one attached hydrogen (secondary N) is 1. The topological polar surface area (TPSA) is 96.0 Å². The van der Waals surface area contributed by atoms with E-state index >= 15 is 0 Å². The Labute approximate surface area is 230 Å². The van der Waals surface area contributed by atoms with Crippen LogP contribution in [0.4, 0.5) is 5.69 Å². The van der Waals surface area contributed by atoms with Crippen LogP contribution in [0.1, 0.15) is 38.2 Å². The van der Waals surface area contributed by atoms with Gasteiger partial charge in [0.2, 0.25) is 21.8 Å². The first-order valence-electron chi connectivity index (χ1n) is 13.1. The number of ether oxygens (including phenoxy) is 1. The smallest absolute Gasteiger partial charge is 0.244 e. The maximum absolute atomic E-state index is 13.7. The molecule has 3 aromatic rings. The molecule has 8 nitrogen and oxygen atoms in total. The summed E-state index contributed by atoms with van der Waals surface area (Å²) in [6.45, 7) is 1.43. The Morgan fingerprint density at radius 1 is 0.897 bits per heavy atom. The minimum atomic E-state index is -3.81. The average molecular weight is 550 g/mol. The van der Waals surface area contributed by atoms with Crippen molar-refractivity contribution in [1.82, 2.24) is 10.2 Å². The van der Waals surface area contributed by atoms with E-state index in [1.54, 1.807) is 31.2 Å². The molecule has 2 amide bonds. The monoisotopic (exact) mass is 549 g/mol. The number of sulfonamides is 1. The van der Waals surface area contributed by atoms with Gasteiger partial charge in [0, 0.05) is 12.6 Å². The van der Waals surface area contributed by atoms with Gasteiger partial charge in [0.1, 0.15) is 24.1 Å². The molecule has 0 aliphatic heterocycles. The summed E-state index contributed by atoms with van der Waals surface area (Å²) in [5.74, 6) is 0.483. The van der Waals surface area contributed by atoms with E-state index < -0.39 is 28.5 Å². The normalized spacial score (nSPS) is 14.4. The molecular weight excluding hydrogens is 514 g/mol. The maximum Gasteiger partial charge on any atom is 0.244 e. The zero-order chi connectivity index (χ0) is 27.8. The van der Waals surface area contributed by atoms with E-state index in [4.69, 9.17) is 4.74 Å². The van der Waals surface area contributed by atoms with Crippen LogP contribution in [-0.2, 0) is 26.2 Å². The highest BCUT2D eigenvalue weighted by molar-refractivity contribution is 7.92. The van der Waals surface area contributed by atoms with Gasteiger partial charge in [-0.3, -0.25) is 13.9 Å². The van der Waals surface area contributed by atoms with E-state index in [0.29, 0.717) is 17.2 Å². The molecule has 0 aromatic heterocycles. The van der Waals surface area contributed by atoms with E-state index in [0.717, 1.165) is 41.8 Å². The van der Waals surface area contributed by atoms with Crippen LogP contribution in [0.25, 0.3) is 0 Å². The Hall–Kier alpha value is -3.85. The SMILES string of the molecule is C[C@H](C(=O)NC1CCCC1)N(Cc1ccccc1)C(=O)CN(c1ccc(Oc2ccccc2)cc1)S(C)(=O)=O. The Bertz CT molecular complexity index is 1340. The van der Waals surface area contributed by atoms with Crippen LogP contribution >= 0.6 is 0 Å². The van der Waals surface area contributed by atoms with Crippen molar-refractivity contribution in [3.8, 4) is 11.5 Å². The molecule has 0 bridgehead atoms.